The van der Waals surface area contributed by atoms with Gasteiger partial charge in [0.25, 0.3) is 5.91 Å². The molecule has 0 aliphatic carbocycles. The maximum absolute atomic E-state index is 12.5. The third-order valence-corrected chi connectivity index (χ3v) is 7.00. The number of halogens is 2. The van der Waals surface area contributed by atoms with E-state index in [-0.39, 0.29) is 23.7 Å². The summed E-state index contributed by atoms with van der Waals surface area (Å²) in [7, 11) is -3.33. The van der Waals surface area contributed by atoms with E-state index in [0.29, 0.717) is 27.1 Å². The van der Waals surface area contributed by atoms with Crippen LogP contribution >= 0.6 is 23.2 Å². The summed E-state index contributed by atoms with van der Waals surface area (Å²) in [4.78, 5) is 17.3. The van der Waals surface area contributed by atoms with Gasteiger partial charge in [-0.15, -0.1) is 0 Å². The molecule has 0 saturated carbocycles. The number of rotatable bonds is 7. The van der Waals surface area contributed by atoms with Crippen molar-refractivity contribution >= 4 is 38.9 Å². The van der Waals surface area contributed by atoms with Gasteiger partial charge in [-0.2, -0.15) is 0 Å². The first kappa shape index (κ1) is 24.9. The molecule has 0 aliphatic rings. The second-order valence-corrected chi connectivity index (χ2v) is 10.6. The summed E-state index contributed by atoms with van der Waals surface area (Å²) in [6.45, 7) is -0.104. The number of hydrogen-bond acceptors (Lipinski definition) is 5. The van der Waals surface area contributed by atoms with Gasteiger partial charge in [0.1, 0.15) is 11.5 Å². The molecule has 3 aromatic carbocycles. The summed E-state index contributed by atoms with van der Waals surface area (Å²) < 4.78 is 25.6. The van der Waals surface area contributed by atoms with E-state index in [9.17, 15) is 13.2 Å². The Kier molecular flexibility index (Phi) is 7.28. The fourth-order valence-corrected chi connectivity index (χ4v) is 4.79. The van der Waals surface area contributed by atoms with Crippen molar-refractivity contribution in [1.29, 1.82) is 0 Å². The highest BCUT2D eigenvalue weighted by Gasteiger charge is 2.20. The maximum atomic E-state index is 12.5. The third-order valence-electron chi connectivity index (χ3n) is 5.26. The van der Waals surface area contributed by atoms with E-state index in [1.165, 1.54) is 6.26 Å². The fourth-order valence-electron chi connectivity index (χ4n) is 3.56. The molecule has 0 aliphatic heterocycles. The van der Waals surface area contributed by atoms with E-state index in [0.717, 1.165) is 11.1 Å². The lowest BCUT2D eigenvalue weighted by atomic mass is 10.1. The van der Waals surface area contributed by atoms with Crippen LogP contribution in [0.4, 0.5) is 0 Å². The number of carbonyl (C=O) groups is 1. The van der Waals surface area contributed by atoms with Crippen molar-refractivity contribution in [2.45, 2.75) is 4.90 Å². The van der Waals surface area contributed by atoms with Crippen LogP contribution in [0.3, 0.4) is 0 Å². The van der Waals surface area contributed by atoms with Crippen LogP contribution < -0.4 is 5.32 Å². The second kappa shape index (κ2) is 10.2. The standard InChI is InChI=1S/C25H21Cl2N3O4S/c1-35(33,34)19-5-2-4-17(14-19)16-8-10-18(11-9-16)30-15-22(25(32)28-12-13-31)29-24(30)23-20(26)6-3-7-21(23)27/h2-11,14-15,31H,12-13H2,1H3,(H,28,32). The first-order valence-corrected chi connectivity index (χ1v) is 13.2. The first-order valence-electron chi connectivity index (χ1n) is 10.5. The Morgan fingerprint density at radius 3 is 2.29 bits per heavy atom. The van der Waals surface area contributed by atoms with Crippen LogP contribution in [-0.4, -0.2) is 48.4 Å². The lowest BCUT2D eigenvalue weighted by molar-refractivity contribution is 0.0940. The van der Waals surface area contributed by atoms with Gasteiger partial charge in [-0.3, -0.25) is 9.36 Å². The molecule has 35 heavy (non-hydrogen) atoms. The van der Waals surface area contributed by atoms with Crippen LogP contribution in [0.15, 0.2) is 77.8 Å². The minimum Gasteiger partial charge on any atom is -0.395 e. The predicted molar refractivity (Wildman–Crippen MR) is 137 cm³/mol. The normalized spacial score (nSPS) is 11.4. The first-order chi connectivity index (χ1) is 16.7. The predicted octanol–water partition coefficient (Wildman–Crippen LogP) is 4.64. The number of benzene rings is 3. The Morgan fingerprint density at radius 1 is 1.00 bits per heavy atom. The van der Waals surface area contributed by atoms with E-state index >= 15 is 0 Å². The summed E-state index contributed by atoms with van der Waals surface area (Å²) in [5, 5.41) is 12.4. The molecule has 0 saturated heterocycles. The molecule has 0 atom stereocenters. The van der Waals surface area contributed by atoms with Crippen LogP contribution in [0.1, 0.15) is 10.5 Å². The highest BCUT2D eigenvalue weighted by Crippen LogP contribution is 2.35. The molecule has 180 valence electrons. The van der Waals surface area contributed by atoms with Crippen LogP contribution in [0, 0.1) is 0 Å². The lowest BCUT2D eigenvalue weighted by Gasteiger charge is -2.11. The van der Waals surface area contributed by atoms with Crippen molar-refractivity contribution in [1.82, 2.24) is 14.9 Å². The van der Waals surface area contributed by atoms with Gasteiger partial charge >= 0.3 is 0 Å². The molecule has 0 bridgehead atoms. The molecule has 1 amide bonds. The molecule has 7 nitrogen and oxygen atoms in total. The maximum Gasteiger partial charge on any atom is 0.271 e. The average Bonchev–Trinajstić information content (AvgIpc) is 3.27. The summed E-state index contributed by atoms with van der Waals surface area (Å²) in [5.41, 5.74) is 2.87. The van der Waals surface area contributed by atoms with Gasteiger partial charge in [-0.05, 0) is 47.5 Å². The Hall–Kier alpha value is -3.17. The van der Waals surface area contributed by atoms with E-state index in [1.54, 1.807) is 47.2 Å². The number of nitrogens with one attached hydrogen (secondary N) is 1. The number of amides is 1. The SMILES string of the molecule is CS(=O)(=O)c1cccc(-c2ccc(-n3cc(C(=O)NCCO)nc3-c3c(Cl)cccc3Cl)cc2)c1. The van der Waals surface area contributed by atoms with Crippen LogP contribution in [0.2, 0.25) is 10.0 Å². The molecule has 4 rings (SSSR count). The molecule has 1 heterocycles. The summed E-state index contributed by atoms with van der Waals surface area (Å²) in [6, 6.07) is 19.2. The molecule has 4 aromatic rings. The molecule has 0 unspecified atom stereocenters. The number of aromatic nitrogens is 2. The second-order valence-electron chi connectivity index (χ2n) is 7.74. The van der Waals surface area contributed by atoms with Gasteiger partial charge < -0.3 is 10.4 Å². The number of nitrogens with zero attached hydrogens (tertiary/aromatic N) is 2. The van der Waals surface area contributed by atoms with Crippen molar-refractivity contribution in [3.63, 3.8) is 0 Å². The van der Waals surface area contributed by atoms with Gasteiger partial charge in [0.15, 0.2) is 9.84 Å². The topological polar surface area (TPSA) is 101 Å². The lowest BCUT2D eigenvalue weighted by Crippen LogP contribution is -2.26. The fraction of sp³-hybridized carbons (Fsp3) is 0.120. The smallest absolute Gasteiger partial charge is 0.271 e. The molecular formula is C25H21Cl2N3O4S. The van der Waals surface area contributed by atoms with Crippen molar-refractivity contribution in [3.8, 4) is 28.2 Å². The molecule has 0 fully saturated rings. The summed E-state index contributed by atoms with van der Waals surface area (Å²) in [5.74, 6) is -0.0713. The minimum atomic E-state index is -3.33. The van der Waals surface area contributed by atoms with E-state index in [1.807, 2.05) is 30.3 Å². The van der Waals surface area contributed by atoms with Gasteiger partial charge in [-0.1, -0.05) is 53.5 Å². The molecule has 0 spiro atoms. The number of aliphatic hydroxyl groups is 1. The quantitative estimate of drug-likeness (QED) is 0.363. The van der Waals surface area contributed by atoms with Crippen LogP contribution in [0.5, 0.6) is 0 Å². The zero-order chi connectivity index (χ0) is 25.2. The molecule has 10 heteroatoms. The number of carbonyl (C=O) groups excluding carboxylic acids is 1. The van der Waals surface area contributed by atoms with E-state index in [4.69, 9.17) is 28.3 Å². The van der Waals surface area contributed by atoms with Crippen LogP contribution in [-0.2, 0) is 9.84 Å². The Labute approximate surface area is 212 Å². The summed E-state index contributed by atoms with van der Waals surface area (Å²) >= 11 is 12.9. The summed E-state index contributed by atoms with van der Waals surface area (Å²) in [6.07, 6.45) is 2.74. The van der Waals surface area contributed by atoms with Gasteiger partial charge in [0.2, 0.25) is 0 Å². The van der Waals surface area contributed by atoms with Gasteiger partial charge in [0, 0.05) is 24.7 Å². The molecule has 0 radical (unpaired) electrons. The molecule has 1 aromatic heterocycles. The highest BCUT2D eigenvalue weighted by atomic mass is 35.5. The molecule has 2 N–H and O–H groups in total. The van der Waals surface area contributed by atoms with Crippen molar-refractivity contribution in [2.75, 3.05) is 19.4 Å². The largest absolute Gasteiger partial charge is 0.395 e. The third kappa shape index (κ3) is 5.41. The van der Waals surface area contributed by atoms with Crippen molar-refractivity contribution < 1.29 is 18.3 Å². The van der Waals surface area contributed by atoms with Crippen LogP contribution in [0.25, 0.3) is 28.2 Å². The van der Waals surface area contributed by atoms with E-state index in [2.05, 4.69) is 10.3 Å². The van der Waals surface area contributed by atoms with Crippen molar-refractivity contribution in [3.05, 3.63) is 88.7 Å². The number of aliphatic hydroxyl groups excluding tert-OH is 1. The zero-order valence-electron chi connectivity index (χ0n) is 18.6. The Balaban J connectivity index is 1.79. The minimum absolute atomic E-state index is 0.0924. The zero-order valence-corrected chi connectivity index (χ0v) is 20.9. The highest BCUT2D eigenvalue weighted by molar-refractivity contribution is 7.90. The number of hydrogen-bond donors (Lipinski definition) is 2. The number of imidazole rings is 1. The van der Waals surface area contributed by atoms with E-state index < -0.39 is 15.7 Å². The number of sulfone groups is 1. The Bertz CT molecular complexity index is 1480. The Morgan fingerprint density at radius 2 is 1.66 bits per heavy atom. The monoisotopic (exact) mass is 529 g/mol. The van der Waals surface area contributed by atoms with Gasteiger partial charge in [0.05, 0.1) is 27.1 Å². The molecular weight excluding hydrogens is 509 g/mol. The average molecular weight is 530 g/mol. The van der Waals surface area contributed by atoms with Gasteiger partial charge in [-0.25, -0.2) is 13.4 Å². The van der Waals surface area contributed by atoms with Crippen molar-refractivity contribution in [2.24, 2.45) is 0 Å².